The van der Waals surface area contributed by atoms with Gasteiger partial charge in [-0.05, 0) is 20.8 Å². The minimum Gasteiger partial charge on any atom is -0.481 e. The van der Waals surface area contributed by atoms with E-state index in [4.69, 9.17) is 15.3 Å². The lowest BCUT2D eigenvalue weighted by Gasteiger charge is -1.80. The van der Waals surface area contributed by atoms with Gasteiger partial charge < -0.3 is 15.3 Å². The Hall–Kier alpha value is -2.58. The molecule has 21 heavy (non-hydrogen) atoms. The van der Waals surface area contributed by atoms with Gasteiger partial charge in [-0.2, -0.15) is 0 Å². The Bertz CT molecular complexity index is 311. The predicted octanol–water partition coefficient (Wildman–Crippen LogP) is 0.150. The molecule has 0 atom stereocenters. The molecule has 0 saturated heterocycles. The van der Waals surface area contributed by atoms with Gasteiger partial charge in [-0.1, -0.05) is 0 Å². The lowest BCUT2D eigenvalue weighted by atomic mass is 10.3. The summed E-state index contributed by atoms with van der Waals surface area (Å²) < 4.78 is 0. The SMILES string of the molecule is CC(=O)CC(=O)O.CC(=O)CC(=O)O.CC(=O)CC(=O)O. The quantitative estimate of drug-likeness (QED) is 0.579. The van der Waals surface area contributed by atoms with Gasteiger partial charge in [-0.25, -0.2) is 0 Å². The molecule has 0 amide bonds. The molecular weight excluding hydrogens is 288 g/mol. The van der Waals surface area contributed by atoms with E-state index < -0.39 is 17.9 Å². The van der Waals surface area contributed by atoms with Crippen molar-refractivity contribution < 1.29 is 44.1 Å². The summed E-state index contributed by atoms with van der Waals surface area (Å²) >= 11 is 0. The second kappa shape index (κ2) is 13.8. The van der Waals surface area contributed by atoms with Crippen LogP contribution in [0.5, 0.6) is 0 Å². The molecule has 0 heterocycles. The van der Waals surface area contributed by atoms with Crippen LogP contribution in [0.3, 0.4) is 0 Å². The highest BCUT2D eigenvalue weighted by atomic mass is 16.4. The zero-order valence-corrected chi connectivity index (χ0v) is 11.9. The number of carbonyl (C=O) groups is 6. The second-order valence-electron chi connectivity index (χ2n) is 3.82. The van der Waals surface area contributed by atoms with Crippen LogP contribution >= 0.6 is 0 Å². The highest BCUT2D eigenvalue weighted by Gasteiger charge is 1.99. The first kappa shape index (κ1) is 23.5. The number of carbonyl (C=O) groups excluding carboxylic acids is 3. The molecule has 0 fully saturated rings. The fraction of sp³-hybridized carbons (Fsp3) is 0.500. The first-order valence-electron chi connectivity index (χ1n) is 5.52. The van der Waals surface area contributed by atoms with Gasteiger partial charge in [-0.15, -0.1) is 0 Å². The van der Waals surface area contributed by atoms with E-state index in [-0.39, 0.29) is 36.6 Å². The third-order valence-electron chi connectivity index (χ3n) is 1.20. The number of rotatable bonds is 6. The van der Waals surface area contributed by atoms with E-state index in [9.17, 15) is 28.8 Å². The summed E-state index contributed by atoms with van der Waals surface area (Å²) in [6.45, 7) is 3.73. The maximum Gasteiger partial charge on any atom is 0.310 e. The average molecular weight is 306 g/mol. The van der Waals surface area contributed by atoms with Crippen molar-refractivity contribution in [3.8, 4) is 0 Å². The smallest absolute Gasteiger partial charge is 0.310 e. The highest BCUT2D eigenvalue weighted by Crippen LogP contribution is 1.78. The maximum absolute atomic E-state index is 9.87. The van der Waals surface area contributed by atoms with Gasteiger partial charge in [0.05, 0.1) is 0 Å². The molecule has 0 bridgehead atoms. The number of hydrogen-bond donors (Lipinski definition) is 3. The van der Waals surface area contributed by atoms with Crippen LogP contribution in [0.1, 0.15) is 40.0 Å². The van der Waals surface area contributed by atoms with Crippen LogP contribution in [0.4, 0.5) is 0 Å². The Kier molecular flexibility index (Phi) is 15.5. The number of carboxylic acids is 3. The van der Waals surface area contributed by atoms with E-state index in [0.29, 0.717) is 0 Å². The first-order valence-corrected chi connectivity index (χ1v) is 5.52. The van der Waals surface area contributed by atoms with Crippen molar-refractivity contribution in [2.45, 2.75) is 40.0 Å². The van der Waals surface area contributed by atoms with Crippen LogP contribution in [0.25, 0.3) is 0 Å². The van der Waals surface area contributed by atoms with Crippen molar-refractivity contribution in [1.82, 2.24) is 0 Å². The van der Waals surface area contributed by atoms with Gasteiger partial charge in [0.2, 0.25) is 0 Å². The second-order valence-corrected chi connectivity index (χ2v) is 3.82. The van der Waals surface area contributed by atoms with Gasteiger partial charge in [-0.3, -0.25) is 28.8 Å². The molecule has 0 saturated carbocycles. The molecule has 3 N–H and O–H groups in total. The Morgan fingerprint density at radius 1 is 0.524 bits per heavy atom. The molecule has 120 valence electrons. The molecule has 0 aromatic carbocycles. The van der Waals surface area contributed by atoms with E-state index in [2.05, 4.69) is 0 Å². The summed E-state index contributed by atoms with van der Waals surface area (Å²) in [4.78, 5) is 58.4. The molecule has 9 heteroatoms. The molecule has 0 aliphatic carbocycles. The zero-order valence-electron chi connectivity index (χ0n) is 11.9. The van der Waals surface area contributed by atoms with Crippen LogP contribution in [0, 0.1) is 0 Å². The molecule has 9 nitrogen and oxygen atoms in total. The van der Waals surface area contributed by atoms with Crippen LogP contribution in [-0.2, 0) is 28.8 Å². The number of Topliss-reactive ketones (excluding diaryl/α,β-unsaturated/α-hetero) is 3. The minimum atomic E-state index is -1.06. The molecule has 0 rings (SSSR count). The summed E-state index contributed by atoms with van der Waals surface area (Å²) in [6.07, 6.45) is -1.08. The number of ketones is 3. The van der Waals surface area contributed by atoms with Gasteiger partial charge in [0, 0.05) is 0 Å². The largest absolute Gasteiger partial charge is 0.481 e. The Morgan fingerprint density at radius 2 is 0.667 bits per heavy atom. The molecule has 0 aliphatic heterocycles. The fourth-order valence-electron chi connectivity index (χ4n) is 0.639. The summed E-state index contributed by atoms with van der Waals surface area (Å²) in [5.74, 6) is -4.12. The number of hydrogen-bond acceptors (Lipinski definition) is 6. The third kappa shape index (κ3) is 46.7. The Balaban J connectivity index is -0.000000231. The molecule has 0 aromatic heterocycles. The zero-order chi connectivity index (χ0) is 17.6. The van der Waals surface area contributed by atoms with Gasteiger partial charge in [0.15, 0.2) is 0 Å². The topological polar surface area (TPSA) is 163 Å². The van der Waals surface area contributed by atoms with E-state index in [1.54, 1.807) is 0 Å². The van der Waals surface area contributed by atoms with E-state index in [1.807, 2.05) is 0 Å². The summed E-state index contributed by atoms with van der Waals surface area (Å²) in [6, 6.07) is 0. The van der Waals surface area contributed by atoms with Crippen LogP contribution in [-0.4, -0.2) is 50.6 Å². The van der Waals surface area contributed by atoms with Gasteiger partial charge in [0.25, 0.3) is 0 Å². The fourth-order valence-corrected chi connectivity index (χ4v) is 0.639. The van der Waals surface area contributed by atoms with Gasteiger partial charge in [0.1, 0.15) is 36.6 Å². The lowest BCUT2D eigenvalue weighted by Crippen LogP contribution is -2.00. The van der Waals surface area contributed by atoms with E-state index in [0.717, 1.165) is 0 Å². The van der Waals surface area contributed by atoms with Crippen LogP contribution in [0.15, 0.2) is 0 Å². The Morgan fingerprint density at radius 3 is 0.667 bits per heavy atom. The van der Waals surface area contributed by atoms with Crippen LogP contribution in [0.2, 0.25) is 0 Å². The molecule has 0 unspecified atom stereocenters. The predicted molar refractivity (Wildman–Crippen MR) is 68.8 cm³/mol. The molecular formula is C12H18O9. The molecule has 0 aromatic rings. The first-order chi connectivity index (χ1) is 9.38. The standard InChI is InChI=1S/3C4H6O3/c3*1-3(5)2-4(6)7/h3*2H2,1H3,(H,6,7). The summed E-state index contributed by atoms with van der Waals surface area (Å²) in [5.41, 5.74) is 0. The van der Waals surface area contributed by atoms with Crippen molar-refractivity contribution in [2.75, 3.05) is 0 Å². The van der Waals surface area contributed by atoms with Crippen molar-refractivity contribution in [3.63, 3.8) is 0 Å². The number of carboxylic acid groups (broad SMARTS) is 3. The minimum absolute atomic E-state index is 0.312. The van der Waals surface area contributed by atoms with Crippen LogP contribution < -0.4 is 0 Å². The summed E-state index contributed by atoms with van der Waals surface area (Å²) in [7, 11) is 0. The van der Waals surface area contributed by atoms with Gasteiger partial charge >= 0.3 is 17.9 Å². The Labute approximate surface area is 120 Å². The van der Waals surface area contributed by atoms with Crippen molar-refractivity contribution in [1.29, 1.82) is 0 Å². The number of aliphatic carboxylic acids is 3. The highest BCUT2D eigenvalue weighted by molar-refractivity contribution is 5.93. The van der Waals surface area contributed by atoms with Crippen molar-refractivity contribution >= 4 is 35.3 Å². The summed E-state index contributed by atoms with van der Waals surface area (Å²) in [5, 5.41) is 23.6. The van der Waals surface area contributed by atoms with E-state index in [1.165, 1.54) is 20.8 Å². The van der Waals surface area contributed by atoms with Crippen molar-refractivity contribution in [3.05, 3.63) is 0 Å². The third-order valence-corrected chi connectivity index (χ3v) is 1.20. The monoisotopic (exact) mass is 306 g/mol. The van der Waals surface area contributed by atoms with Crippen molar-refractivity contribution in [2.24, 2.45) is 0 Å². The molecule has 0 radical (unpaired) electrons. The van der Waals surface area contributed by atoms with E-state index >= 15 is 0 Å². The lowest BCUT2D eigenvalue weighted by molar-refractivity contribution is -0.141. The molecule has 0 aliphatic rings. The average Bonchev–Trinajstić information content (AvgIpc) is 2.10. The maximum atomic E-state index is 9.87. The normalized spacial score (nSPS) is 8.14. The molecule has 0 spiro atoms.